The zero-order chi connectivity index (χ0) is 26.4. The molecule has 186 valence electrons. The van der Waals surface area contributed by atoms with Crippen molar-refractivity contribution in [2.24, 2.45) is 0 Å². The van der Waals surface area contributed by atoms with Crippen LogP contribution in [0.3, 0.4) is 0 Å². The van der Waals surface area contributed by atoms with Gasteiger partial charge in [0.2, 0.25) is 0 Å². The summed E-state index contributed by atoms with van der Waals surface area (Å²) >= 11 is 0. The van der Waals surface area contributed by atoms with E-state index in [1.54, 1.807) is 48.5 Å². The van der Waals surface area contributed by atoms with Crippen LogP contribution in [0.15, 0.2) is 66.7 Å². The van der Waals surface area contributed by atoms with Crippen molar-refractivity contribution in [2.45, 2.75) is 38.6 Å². The molecular formula is C29H25FN4O3. The summed E-state index contributed by atoms with van der Waals surface area (Å²) in [6, 6.07) is 19.9. The highest BCUT2D eigenvalue weighted by molar-refractivity contribution is 5.97. The maximum Gasteiger partial charge on any atom is 0.303 e. The maximum absolute atomic E-state index is 13.2. The van der Waals surface area contributed by atoms with E-state index in [2.05, 4.69) is 11.4 Å². The van der Waals surface area contributed by atoms with Gasteiger partial charge in [-0.2, -0.15) is 5.26 Å². The lowest BCUT2D eigenvalue weighted by atomic mass is 10.0. The molecule has 37 heavy (non-hydrogen) atoms. The molecule has 4 rings (SSSR count). The Kier molecular flexibility index (Phi) is 7.84. The fourth-order valence-corrected chi connectivity index (χ4v) is 4.06. The Morgan fingerprint density at radius 3 is 2.54 bits per heavy atom. The van der Waals surface area contributed by atoms with Crippen LogP contribution < -0.4 is 5.32 Å². The number of carbonyl (C=O) groups excluding carboxylic acids is 1. The molecule has 0 unspecified atom stereocenters. The van der Waals surface area contributed by atoms with Crippen molar-refractivity contribution in [3.63, 3.8) is 0 Å². The van der Waals surface area contributed by atoms with E-state index in [9.17, 15) is 19.2 Å². The molecule has 1 atom stereocenters. The number of fused-ring (bicyclic) bond motifs is 1. The molecule has 0 saturated carbocycles. The number of nitrogens with one attached hydrogen (secondary N) is 1. The second-order valence-corrected chi connectivity index (χ2v) is 8.76. The number of aromatic nitrogens is 2. The van der Waals surface area contributed by atoms with Gasteiger partial charge in [-0.05, 0) is 74.2 Å². The Hall–Kier alpha value is -4.64. The molecule has 0 saturated heterocycles. The Morgan fingerprint density at radius 2 is 1.81 bits per heavy atom. The molecule has 1 aromatic heterocycles. The Balaban J connectivity index is 1.64. The number of carbonyl (C=O) groups is 2. The van der Waals surface area contributed by atoms with Gasteiger partial charge in [0.1, 0.15) is 5.82 Å². The lowest BCUT2D eigenvalue weighted by molar-refractivity contribution is -0.137. The standard InChI is InChI=1S/C29H25FN4O3/c1-18(20-9-12-23(30)13-10-20)32-29(37)22-11-14-24-26(16-22)33-25(7-2-3-8-27(35)36)28(34-24)21-6-4-5-19(15-21)17-31/h4-6,9-16,18H,2-3,7-8H2,1H3,(H,32,37)(H,35,36)/t18-/m1/s1. The number of aryl methyl sites for hydroxylation is 1. The fourth-order valence-electron chi connectivity index (χ4n) is 4.06. The molecule has 0 aliphatic rings. The van der Waals surface area contributed by atoms with Crippen LogP contribution in [0, 0.1) is 17.1 Å². The quantitative estimate of drug-likeness (QED) is 0.292. The largest absolute Gasteiger partial charge is 0.481 e. The van der Waals surface area contributed by atoms with E-state index < -0.39 is 5.97 Å². The first-order valence-electron chi connectivity index (χ1n) is 11.9. The predicted molar refractivity (Wildman–Crippen MR) is 137 cm³/mol. The van der Waals surface area contributed by atoms with E-state index >= 15 is 0 Å². The first-order valence-corrected chi connectivity index (χ1v) is 11.9. The average molecular weight is 497 g/mol. The van der Waals surface area contributed by atoms with Crippen LogP contribution in [0.4, 0.5) is 4.39 Å². The number of hydrogen-bond donors (Lipinski definition) is 2. The van der Waals surface area contributed by atoms with Crippen molar-refractivity contribution in [3.8, 4) is 17.3 Å². The van der Waals surface area contributed by atoms with Gasteiger partial charge < -0.3 is 10.4 Å². The Bertz CT molecular complexity index is 1500. The molecule has 4 aromatic rings. The number of halogens is 1. The maximum atomic E-state index is 13.2. The van der Waals surface area contributed by atoms with Gasteiger partial charge >= 0.3 is 5.97 Å². The van der Waals surface area contributed by atoms with E-state index in [0.29, 0.717) is 52.8 Å². The van der Waals surface area contributed by atoms with Gasteiger partial charge in [0.25, 0.3) is 5.91 Å². The van der Waals surface area contributed by atoms with Crippen LogP contribution >= 0.6 is 0 Å². The van der Waals surface area contributed by atoms with Crippen molar-refractivity contribution >= 4 is 22.9 Å². The number of nitriles is 1. The van der Waals surface area contributed by atoms with Crippen molar-refractivity contribution in [2.75, 3.05) is 0 Å². The van der Waals surface area contributed by atoms with E-state index in [0.717, 1.165) is 11.1 Å². The van der Waals surface area contributed by atoms with Crippen LogP contribution in [0.1, 0.15) is 59.4 Å². The number of carboxylic acids is 1. The average Bonchev–Trinajstić information content (AvgIpc) is 2.90. The second kappa shape index (κ2) is 11.4. The summed E-state index contributed by atoms with van der Waals surface area (Å²) in [5.74, 6) is -1.49. The van der Waals surface area contributed by atoms with Gasteiger partial charge in [-0.1, -0.05) is 24.3 Å². The minimum atomic E-state index is -0.850. The summed E-state index contributed by atoms with van der Waals surface area (Å²) in [6.07, 6.45) is 1.67. The number of unbranched alkanes of at least 4 members (excludes halogenated alkanes) is 1. The molecule has 0 fully saturated rings. The minimum Gasteiger partial charge on any atom is -0.481 e. The summed E-state index contributed by atoms with van der Waals surface area (Å²) in [4.78, 5) is 33.4. The molecule has 1 amide bonds. The highest BCUT2D eigenvalue weighted by atomic mass is 19.1. The molecule has 1 heterocycles. The highest BCUT2D eigenvalue weighted by Crippen LogP contribution is 2.26. The SMILES string of the molecule is C[C@@H](NC(=O)c1ccc2nc(-c3cccc(C#N)c3)c(CCCCC(=O)O)nc2c1)c1ccc(F)cc1. The van der Waals surface area contributed by atoms with Crippen LogP contribution in [0.2, 0.25) is 0 Å². The number of hydrogen-bond acceptors (Lipinski definition) is 5. The topological polar surface area (TPSA) is 116 Å². The lowest BCUT2D eigenvalue weighted by Gasteiger charge is -2.15. The number of aliphatic carboxylic acids is 1. The first kappa shape index (κ1) is 25.5. The zero-order valence-corrected chi connectivity index (χ0v) is 20.2. The van der Waals surface area contributed by atoms with Gasteiger partial charge in [0.05, 0.1) is 40.1 Å². The molecule has 3 aromatic carbocycles. The molecule has 0 spiro atoms. The van der Waals surface area contributed by atoms with Crippen LogP contribution in [-0.4, -0.2) is 27.0 Å². The van der Waals surface area contributed by atoms with E-state index in [1.165, 1.54) is 12.1 Å². The lowest BCUT2D eigenvalue weighted by Crippen LogP contribution is -2.26. The molecule has 0 aliphatic carbocycles. The number of nitrogens with zero attached hydrogens (tertiary/aromatic N) is 3. The molecule has 0 aliphatic heterocycles. The van der Waals surface area contributed by atoms with E-state index in [1.807, 2.05) is 13.0 Å². The monoisotopic (exact) mass is 496 g/mol. The summed E-state index contributed by atoms with van der Waals surface area (Å²) in [5.41, 5.74) is 4.86. The third-order valence-electron chi connectivity index (χ3n) is 6.04. The number of amides is 1. The zero-order valence-electron chi connectivity index (χ0n) is 20.2. The van der Waals surface area contributed by atoms with Crippen molar-refractivity contribution < 1.29 is 19.1 Å². The van der Waals surface area contributed by atoms with E-state index in [-0.39, 0.29) is 24.2 Å². The minimum absolute atomic E-state index is 0.0663. The Morgan fingerprint density at radius 1 is 1.03 bits per heavy atom. The molecular weight excluding hydrogens is 471 g/mol. The van der Waals surface area contributed by atoms with Gasteiger partial charge in [0, 0.05) is 17.5 Å². The van der Waals surface area contributed by atoms with Gasteiger partial charge in [-0.15, -0.1) is 0 Å². The van der Waals surface area contributed by atoms with Crippen molar-refractivity contribution in [3.05, 3.63) is 94.9 Å². The van der Waals surface area contributed by atoms with Gasteiger partial charge in [-0.25, -0.2) is 14.4 Å². The summed E-state index contributed by atoms with van der Waals surface area (Å²) in [6.45, 7) is 1.82. The fraction of sp³-hybridized carbons (Fsp3) is 0.207. The third-order valence-corrected chi connectivity index (χ3v) is 6.04. The summed E-state index contributed by atoms with van der Waals surface area (Å²) < 4.78 is 13.2. The number of rotatable bonds is 9. The van der Waals surface area contributed by atoms with Crippen molar-refractivity contribution in [1.82, 2.24) is 15.3 Å². The smallest absolute Gasteiger partial charge is 0.303 e. The molecule has 7 nitrogen and oxygen atoms in total. The van der Waals surface area contributed by atoms with Crippen LogP contribution in [0.5, 0.6) is 0 Å². The normalized spacial score (nSPS) is 11.6. The van der Waals surface area contributed by atoms with Gasteiger partial charge in [0.15, 0.2) is 0 Å². The summed E-state index contributed by atoms with van der Waals surface area (Å²) in [5, 5.41) is 21.2. The Labute approximate surface area is 213 Å². The summed E-state index contributed by atoms with van der Waals surface area (Å²) in [7, 11) is 0. The second-order valence-electron chi connectivity index (χ2n) is 8.76. The van der Waals surface area contributed by atoms with Crippen LogP contribution in [0.25, 0.3) is 22.3 Å². The van der Waals surface area contributed by atoms with E-state index in [4.69, 9.17) is 15.1 Å². The molecule has 0 bridgehead atoms. The molecule has 2 N–H and O–H groups in total. The number of carboxylic acid groups (broad SMARTS) is 1. The molecule has 8 heteroatoms. The molecule has 0 radical (unpaired) electrons. The number of benzene rings is 3. The van der Waals surface area contributed by atoms with Crippen LogP contribution in [-0.2, 0) is 11.2 Å². The third kappa shape index (κ3) is 6.33. The highest BCUT2D eigenvalue weighted by Gasteiger charge is 2.16. The first-order chi connectivity index (χ1) is 17.8. The van der Waals surface area contributed by atoms with Crippen molar-refractivity contribution in [1.29, 1.82) is 5.26 Å². The van der Waals surface area contributed by atoms with Gasteiger partial charge in [-0.3, -0.25) is 9.59 Å². The predicted octanol–water partition coefficient (Wildman–Crippen LogP) is 5.60.